The molecule has 1 N–H and O–H groups in total. The van der Waals surface area contributed by atoms with E-state index in [4.69, 9.17) is 4.74 Å². The molecular formula is C20H27N3O3. The van der Waals surface area contributed by atoms with Crippen LogP contribution in [0.15, 0.2) is 42.5 Å². The topological polar surface area (TPSA) is 61.9 Å². The van der Waals surface area contributed by atoms with Gasteiger partial charge >= 0.3 is 0 Å². The average Bonchev–Trinajstić information content (AvgIpc) is 2.66. The van der Waals surface area contributed by atoms with Crippen molar-refractivity contribution >= 4 is 17.9 Å². The van der Waals surface area contributed by atoms with Gasteiger partial charge in [-0.2, -0.15) is 0 Å². The molecule has 1 aliphatic rings. The lowest BCUT2D eigenvalue weighted by Gasteiger charge is -2.34. The standard InChI is InChI=1S/C20H27N3O3/c1-16(2)20(25)23-14-12-22(13-15-23)11-10-21-19(24)9-6-17-4-7-18(26-3)8-5-17/h4-9H,1,10-15H2,2-3H3,(H,21,24)/b9-6+. The van der Waals surface area contributed by atoms with Crippen LogP contribution in [0, 0.1) is 0 Å². The van der Waals surface area contributed by atoms with Crippen LogP contribution in [0.25, 0.3) is 6.08 Å². The molecule has 6 nitrogen and oxygen atoms in total. The van der Waals surface area contributed by atoms with Crippen molar-refractivity contribution < 1.29 is 14.3 Å². The van der Waals surface area contributed by atoms with E-state index in [1.54, 1.807) is 20.1 Å². The first-order chi connectivity index (χ1) is 12.5. The predicted molar refractivity (Wildman–Crippen MR) is 103 cm³/mol. The third-order valence-electron chi connectivity index (χ3n) is 4.29. The van der Waals surface area contributed by atoms with Crippen LogP contribution in [0.3, 0.4) is 0 Å². The van der Waals surface area contributed by atoms with Crippen molar-refractivity contribution in [2.45, 2.75) is 6.92 Å². The van der Waals surface area contributed by atoms with Crippen molar-refractivity contribution in [3.8, 4) is 5.75 Å². The fraction of sp³-hybridized carbons (Fsp3) is 0.400. The maximum atomic E-state index is 11.9. The molecule has 140 valence electrons. The molecular weight excluding hydrogens is 330 g/mol. The normalized spacial score (nSPS) is 15.1. The number of benzene rings is 1. The van der Waals surface area contributed by atoms with Crippen molar-refractivity contribution in [2.75, 3.05) is 46.4 Å². The van der Waals surface area contributed by atoms with Gasteiger partial charge in [0.25, 0.3) is 0 Å². The van der Waals surface area contributed by atoms with E-state index in [1.807, 2.05) is 29.2 Å². The van der Waals surface area contributed by atoms with E-state index in [2.05, 4.69) is 16.8 Å². The second-order valence-electron chi connectivity index (χ2n) is 6.31. The minimum atomic E-state index is -0.114. The van der Waals surface area contributed by atoms with Gasteiger partial charge in [-0.1, -0.05) is 18.7 Å². The number of nitrogens with one attached hydrogen (secondary N) is 1. The van der Waals surface area contributed by atoms with Gasteiger partial charge in [0.15, 0.2) is 0 Å². The lowest BCUT2D eigenvalue weighted by Crippen LogP contribution is -2.50. The summed E-state index contributed by atoms with van der Waals surface area (Å²) in [6.45, 7) is 9.84. The molecule has 1 saturated heterocycles. The number of amides is 2. The summed E-state index contributed by atoms with van der Waals surface area (Å²) in [6.07, 6.45) is 3.31. The Hall–Kier alpha value is -2.60. The Balaban J connectivity index is 1.66. The largest absolute Gasteiger partial charge is 0.497 e. The van der Waals surface area contributed by atoms with Gasteiger partial charge in [-0.3, -0.25) is 14.5 Å². The molecule has 6 heteroatoms. The Morgan fingerprint density at radius 3 is 2.42 bits per heavy atom. The monoisotopic (exact) mass is 357 g/mol. The predicted octanol–water partition coefficient (Wildman–Crippen LogP) is 1.54. The lowest BCUT2D eigenvalue weighted by molar-refractivity contribution is -0.128. The number of rotatable bonds is 7. The first kappa shape index (κ1) is 19.7. The summed E-state index contributed by atoms with van der Waals surface area (Å²) in [6, 6.07) is 7.51. The van der Waals surface area contributed by atoms with Crippen molar-refractivity contribution in [3.05, 3.63) is 48.1 Å². The summed E-state index contributed by atoms with van der Waals surface area (Å²) in [5.41, 5.74) is 1.52. The van der Waals surface area contributed by atoms with E-state index in [0.29, 0.717) is 25.2 Å². The van der Waals surface area contributed by atoms with E-state index in [-0.39, 0.29) is 11.8 Å². The fourth-order valence-electron chi connectivity index (χ4n) is 2.73. The zero-order valence-corrected chi connectivity index (χ0v) is 15.5. The molecule has 0 saturated carbocycles. The Labute approximate surface area is 155 Å². The Bertz CT molecular complexity index is 659. The van der Waals surface area contributed by atoms with Gasteiger partial charge in [0.05, 0.1) is 7.11 Å². The van der Waals surface area contributed by atoms with Gasteiger partial charge in [0.1, 0.15) is 5.75 Å². The highest BCUT2D eigenvalue weighted by Gasteiger charge is 2.20. The fourth-order valence-corrected chi connectivity index (χ4v) is 2.73. The van der Waals surface area contributed by atoms with Gasteiger partial charge in [-0.15, -0.1) is 0 Å². The molecule has 1 fully saturated rings. The van der Waals surface area contributed by atoms with Crippen LogP contribution >= 0.6 is 0 Å². The molecule has 26 heavy (non-hydrogen) atoms. The highest BCUT2D eigenvalue weighted by Crippen LogP contribution is 2.12. The molecule has 0 atom stereocenters. The number of piperazine rings is 1. The summed E-state index contributed by atoms with van der Waals surface area (Å²) in [4.78, 5) is 27.8. The van der Waals surface area contributed by atoms with Gasteiger partial charge in [-0.05, 0) is 30.7 Å². The van der Waals surface area contributed by atoms with Crippen LogP contribution in [0.5, 0.6) is 5.75 Å². The van der Waals surface area contributed by atoms with E-state index in [0.717, 1.165) is 30.9 Å². The zero-order chi connectivity index (χ0) is 18.9. The van der Waals surface area contributed by atoms with Crippen LogP contribution in [0.1, 0.15) is 12.5 Å². The van der Waals surface area contributed by atoms with Crippen molar-refractivity contribution in [1.82, 2.24) is 15.1 Å². The molecule has 1 aliphatic heterocycles. The molecule has 2 rings (SSSR count). The summed E-state index contributed by atoms with van der Waals surface area (Å²) >= 11 is 0. The molecule has 1 aromatic carbocycles. The van der Waals surface area contributed by atoms with Crippen molar-refractivity contribution in [3.63, 3.8) is 0 Å². The van der Waals surface area contributed by atoms with E-state index in [9.17, 15) is 9.59 Å². The number of ether oxygens (including phenoxy) is 1. The SMILES string of the molecule is C=C(C)C(=O)N1CCN(CCNC(=O)/C=C/c2ccc(OC)cc2)CC1. The molecule has 0 radical (unpaired) electrons. The summed E-state index contributed by atoms with van der Waals surface area (Å²) < 4.78 is 5.10. The molecule has 0 bridgehead atoms. The third-order valence-corrected chi connectivity index (χ3v) is 4.29. The van der Waals surface area contributed by atoms with Crippen LogP contribution in [0.2, 0.25) is 0 Å². The number of methoxy groups -OCH3 is 1. The van der Waals surface area contributed by atoms with Gasteiger partial charge in [0.2, 0.25) is 11.8 Å². The molecule has 2 amide bonds. The number of carbonyl (C=O) groups excluding carboxylic acids is 2. The van der Waals surface area contributed by atoms with Crippen molar-refractivity contribution in [1.29, 1.82) is 0 Å². The molecule has 0 aromatic heterocycles. The first-order valence-electron chi connectivity index (χ1n) is 8.76. The number of nitrogens with zero attached hydrogens (tertiary/aromatic N) is 2. The average molecular weight is 357 g/mol. The van der Waals surface area contributed by atoms with Gasteiger partial charge in [-0.25, -0.2) is 0 Å². The number of carbonyl (C=O) groups is 2. The smallest absolute Gasteiger partial charge is 0.248 e. The third kappa shape index (κ3) is 6.04. The Morgan fingerprint density at radius 1 is 1.19 bits per heavy atom. The maximum Gasteiger partial charge on any atom is 0.248 e. The number of hydrogen-bond acceptors (Lipinski definition) is 4. The van der Waals surface area contributed by atoms with Gasteiger partial charge < -0.3 is 15.0 Å². The first-order valence-corrected chi connectivity index (χ1v) is 8.76. The molecule has 0 aliphatic carbocycles. The van der Waals surface area contributed by atoms with E-state index < -0.39 is 0 Å². The van der Waals surface area contributed by atoms with E-state index in [1.165, 1.54) is 6.08 Å². The van der Waals surface area contributed by atoms with Crippen LogP contribution < -0.4 is 10.1 Å². The second kappa shape index (κ2) is 9.77. The zero-order valence-electron chi connectivity index (χ0n) is 15.5. The summed E-state index contributed by atoms with van der Waals surface area (Å²) in [5, 5.41) is 2.89. The second-order valence-corrected chi connectivity index (χ2v) is 6.31. The summed E-state index contributed by atoms with van der Waals surface area (Å²) in [7, 11) is 1.62. The maximum absolute atomic E-state index is 11.9. The quantitative estimate of drug-likeness (QED) is 0.752. The highest BCUT2D eigenvalue weighted by molar-refractivity contribution is 5.92. The molecule has 0 spiro atoms. The molecule has 1 aromatic rings. The van der Waals surface area contributed by atoms with Crippen molar-refractivity contribution in [2.24, 2.45) is 0 Å². The van der Waals surface area contributed by atoms with E-state index >= 15 is 0 Å². The number of hydrogen-bond donors (Lipinski definition) is 1. The molecule has 0 unspecified atom stereocenters. The minimum Gasteiger partial charge on any atom is -0.497 e. The van der Waals surface area contributed by atoms with Crippen LogP contribution in [-0.2, 0) is 9.59 Å². The highest BCUT2D eigenvalue weighted by atomic mass is 16.5. The summed E-state index contributed by atoms with van der Waals surface area (Å²) in [5.74, 6) is 0.704. The Kier molecular flexibility index (Phi) is 7.41. The van der Waals surface area contributed by atoms with Gasteiger partial charge in [0, 0.05) is 50.9 Å². The van der Waals surface area contributed by atoms with Crippen LogP contribution in [0.4, 0.5) is 0 Å². The Morgan fingerprint density at radius 2 is 1.85 bits per heavy atom. The minimum absolute atomic E-state index is 0.0293. The molecule has 1 heterocycles. The lowest BCUT2D eigenvalue weighted by atomic mass is 10.2. The van der Waals surface area contributed by atoms with Crippen LogP contribution in [-0.4, -0.2) is 68.0 Å².